The second-order valence-electron chi connectivity index (χ2n) is 4.36. The molecule has 0 saturated heterocycles. The summed E-state index contributed by atoms with van der Waals surface area (Å²) in [5, 5.41) is 0. The Morgan fingerprint density at radius 1 is 1.07 bits per heavy atom. The zero-order valence-electron chi connectivity index (χ0n) is 9.52. The lowest BCUT2D eigenvalue weighted by molar-refractivity contribution is -0.180. The van der Waals surface area contributed by atoms with Crippen molar-refractivity contribution in [3.8, 4) is 0 Å². The lowest BCUT2D eigenvalue weighted by Gasteiger charge is -2.32. The maximum atomic E-state index is 12.4. The van der Waals surface area contributed by atoms with Crippen LogP contribution in [0.5, 0.6) is 0 Å². The van der Waals surface area contributed by atoms with Crippen LogP contribution in [-0.4, -0.2) is 30.2 Å². The molecule has 0 rings (SSSR count). The summed E-state index contributed by atoms with van der Waals surface area (Å²) in [6, 6.07) is -1.40. The van der Waals surface area contributed by atoms with E-state index in [1.807, 2.05) is 20.8 Å². The lowest BCUT2D eigenvalue weighted by Crippen LogP contribution is -2.45. The molecule has 0 heterocycles. The van der Waals surface area contributed by atoms with Gasteiger partial charge in [-0.3, -0.25) is 4.90 Å². The normalized spacial score (nSPS) is 17.6. The second-order valence-corrected chi connectivity index (χ2v) is 4.36. The molecule has 0 aromatic heterocycles. The molecule has 0 aromatic rings. The third kappa shape index (κ3) is 4.31. The maximum Gasteiger partial charge on any atom is 0.403 e. The Morgan fingerprint density at radius 2 is 1.50 bits per heavy atom. The van der Waals surface area contributed by atoms with Crippen molar-refractivity contribution in [3.05, 3.63) is 0 Å². The molecule has 1 unspecified atom stereocenters. The van der Waals surface area contributed by atoms with Gasteiger partial charge in [0.2, 0.25) is 0 Å². The standard InChI is InChI=1S/C10H20F3N/c1-7(2)6-8(3)14(5)9(4)10(11,12)13/h7-9H,6H2,1-5H3/t8?,9-/m0/s1. The minimum absolute atomic E-state index is 0.0355. The average Bonchev–Trinajstić information content (AvgIpc) is 1.98. The fraction of sp³-hybridized carbons (Fsp3) is 1.00. The summed E-state index contributed by atoms with van der Waals surface area (Å²) in [6.07, 6.45) is -3.34. The van der Waals surface area contributed by atoms with Crippen molar-refractivity contribution in [2.45, 2.75) is 52.4 Å². The van der Waals surface area contributed by atoms with Crippen molar-refractivity contribution >= 4 is 0 Å². The first-order chi connectivity index (χ1) is 6.16. The highest BCUT2D eigenvalue weighted by Gasteiger charge is 2.39. The molecule has 0 spiro atoms. The summed E-state index contributed by atoms with van der Waals surface area (Å²) in [5.41, 5.74) is 0. The van der Waals surface area contributed by atoms with Crippen LogP contribution in [-0.2, 0) is 0 Å². The van der Waals surface area contributed by atoms with Crippen molar-refractivity contribution < 1.29 is 13.2 Å². The molecule has 0 bridgehead atoms. The molecule has 0 fully saturated rings. The van der Waals surface area contributed by atoms with Crippen LogP contribution in [0.4, 0.5) is 13.2 Å². The molecule has 0 N–H and O–H groups in total. The molecule has 1 nitrogen and oxygen atoms in total. The van der Waals surface area contributed by atoms with Crippen LogP contribution in [0, 0.1) is 5.92 Å². The van der Waals surface area contributed by atoms with Crippen molar-refractivity contribution in [1.29, 1.82) is 0 Å². The van der Waals surface area contributed by atoms with Gasteiger partial charge in [0, 0.05) is 6.04 Å². The number of halogens is 3. The molecule has 86 valence electrons. The Kier molecular flexibility index (Phi) is 4.92. The number of hydrogen-bond donors (Lipinski definition) is 0. The predicted octanol–water partition coefficient (Wildman–Crippen LogP) is 3.30. The molecule has 0 aliphatic carbocycles. The largest absolute Gasteiger partial charge is 0.403 e. The van der Waals surface area contributed by atoms with E-state index in [-0.39, 0.29) is 6.04 Å². The Labute approximate surface area is 84.3 Å². The molecule has 0 aliphatic rings. The van der Waals surface area contributed by atoms with Gasteiger partial charge in [0.25, 0.3) is 0 Å². The number of nitrogens with zero attached hydrogens (tertiary/aromatic N) is 1. The average molecular weight is 211 g/mol. The molecular weight excluding hydrogens is 191 g/mol. The first-order valence-electron chi connectivity index (χ1n) is 4.95. The van der Waals surface area contributed by atoms with Crippen LogP contribution in [0.2, 0.25) is 0 Å². The van der Waals surface area contributed by atoms with Gasteiger partial charge in [0.05, 0.1) is 0 Å². The minimum Gasteiger partial charge on any atom is -0.293 e. The van der Waals surface area contributed by atoms with E-state index in [1.54, 1.807) is 0 Å². The zero-order chi connectivity index (χ0) is 11.5. The fourth-order valence-electron chi connectivity index (χ4n) is 1.46. The van der Waals surface area contributed by atoms with Crippen LogP contribution in [0.25, 0.3) is 0 Å². The van der Waals surface area contributed by atoms with Gasteiger partial charge in [-0.05, 0) is 33.2 Å². The maximum absolute atomic E-state index is 12.4. The number of rotatable bonds is 4. The first-order valence-corrected chi connectivity index (χ1v) is 4.95. The van der Waals surface area contributed by atoms with Crippen molar-refractivity contribution in [2.24, 2.45) is 5.92 Å². The predicted molar refractivity (Wildman–Crippen MR) is 52.2 cm³/mol. The summed E-state index contributed by atoms with van der Waals surface area (Å²) >= 11 is 0. The van der Waals surface area contributed by atoms with Crippen LogP contribution in [0.15, 0.2) is 0 Å². The molecule has 0 amide bonds. The molecule has 0 aliphatic heterocycles. The Bertz CT molecular complexity index is 165. The third-order valence-corrected chi connectivity index (χ3v) is 2.59. The molecule has 14 heavy (non-hydrogen) atoms. The van der Waals surface area contributed by atoms with Gasteiger partial charge in [0.15, 0.2) is 0 Å². The van der Waals surface area contributed by atoms with Gasteiger partial charge in [-0.25, -0.2) is 0 Å². The third-order valence-electron chi connectivity index (χ3n) is 2.59. The summed E-state index contributed by atoms with van der Waals surface area (Å²) in [5.74, 6) is 0.424. The van der Waals surface area contributed by atoms with Crippen molar-refractivity contribution in [1.82, 2.24) is 4.90 Å². The highest BCUT2D eigenvalue weighted by atomic mass is 19.4. The number of hydrogen-bond acceptors (Lipinski definition) is 1. The SMILES string of the molecule is CC(C)CC(C)N(C)[C@@H](C)C(F)(F)F. The van der Waals surface area contributed by atoms with Crippen LogP contribution < -0.4 is 0 Å². The monoisotopic (exact) mass is 211 g/mol. The molecule has 4 heteroatoms. The Hall–Kier alpha value is -0.250. The van der Waals surface area contributed by atoms with Crippen molar-refractivity contribution in [3.63, 3.8) is 0 Å². The minimum atomic E-state index is -4.13. The molecule has 0 aromatic carbocycles. The summed E-state index contributed by atoms with van der Waals surface area (Å²) in [6.45, 7) is 7.07. The van der Waals surface area contributed by atoms with Gasteiger partial charge in [-0.15, -0.1) is 0 Å². The Morgan fingerprint density at radius 3 is 1.79 bits per heavy atom. The fourth-order valence-corrected chi connectivity index (χ4v) is 1.46. The summed E-state index contributed by atoms with van der Waals surface area (Å²) in [4.78, 5) is 1.39. The Balaban J connectivity index is 4.24. The second kappa shape index (κ2) is 5.01. The van der Waals surface area contributed by atoms with E-state index in [0.29, 0.717) is 5.92 Å². The van der Waals surface area contributed by atoms with E-state index in [0.717, 1.165) is 6.42 Å². The van der Waals surface area contributed by atoms with E-state index in [2.05, 4.69) is 0 Å². The highest BCUT2D eigenvalue weighted by Crippen LogP contribution is 2.26. The van der Waals surface area contributed by atoms with Crippen molar-refractivity contribution in [2.75, 3.05) is 7.05 Å². The topological polar surface area (TPSA) is 3.24 Å². The summed E-state index contributed by atoms with van der Waals surface area (Å²) < 4.78 is 37.1. The van der Waals surface area contributed by atoms with Crippen LogP contribution >= 0.6 is 0 Å². The lowest BCUT2D eigenvalue weighted by atomic mass is 10.0. The molecule has 0 saturated carbocycles. The van der Waals surface area contributed by atoms with Gasteiger partial charge in [-0.2, -0.15) is 13.2 Å². The van der Waals surface area contributed by atoms with E-state index in [4.69, 9.17) is 0 Å². The van der Waals surface area contributed by atoms with Gasteiger partial charge in [-0.1, -0.05) is 13.8 Å². The smallest absolute Gasteiger partial charge is 0.293 e. The first kappa shape index (κ1) is 13.8. The highest BCUT2D eigenvalue weighted by molar-refractivity contribution is 4.76. The van der Waals surface area contributed by atoms with E-state index in [9.17, 15) is 13.2 Å². The van der Waals surface area contributed by atoms with E-state index < -0.39 is 12.2 Å². The van der Waals surface area contributed by atoms with Crippen LogP contribution in [0.1, 0.15) is 34.1 Å². The zero-order valence-corrected chi connectivity index (χ0v) is 9.52. The van der Waals surface area contributed by atoms with E-state index in [1.165, 1.54) is 18.9 Å². The summed E-state index contributed by atoms with van der Waals surface area (Å²) in [7, 11) is 1.53. The van der Waals surface area contributed by atoms with E-state index >= 15 is 0 Å². The van der Waals surface area contributed by atoms with Gasteiger partial charge >= 0.3 is 6.18 Å². The van der Waals surface area contributed by atoms with Gasteiger partial charge < -0.3 is 0 Å². The number of alkyl halides is 3. The molecule has 2 atom stereocenters. The molecule has 0 radical (unpaired) electrons. The quantitative estimate of drug-likeness (QED) is 0.689. The van der Waals surface area contributed by atoms with Gasteiger partial charge in [0.1, 0.15) is 6.04 Å². The van der Waals surface area contributed by atoms with Crippen LogP contribution in [0.3, 0.4) is 0 Å². The molecular formula is C10H20F3N.